The lowest BCUT2D eigenvalue weighted by molar-refractivity contribution is 0.180. The normalized spacial score (nSPS) is 11.4. The topological polar surface area (TPSA) is 43.4 Å². The van der Waals surface area contributed by atoms with Crippen molar-refractivity contribution in [2.45, 2.75) is 33.4 Å². The fourth-order valence-electron chi connectivity index (χ4n) is 1.64. The molecule has 0 atom stereocenters. The highest BCUT2D eigenvalue weighted by molar-refractivity contribution is 7.11. The third-order valence-electron chi connectivity index (χ3n) is 2.45. The summed E-state index contributed by atoms with van der Waals surface area (Å²) in [6.45, 7) is 7.47. The maximum absolute atomic E-state index is 5.21. The van der Waals surface area contributed by atoms with Crippen LogP contribution in [0.1, 0.15) is 29.4 Å². The predicted octanol–water partition coefficient (Wildman–Crippen LogP) is 2.22. The van der Waals surface area contributed by atoms with E-state index in [2.05, 4.69) is 24.1 Å². The van der Waals surface area contributed by atoms with Crippen LogP contribution in [0.5, 0.6) is 0 Å². The number of nitrogens with one attached hydrogen (secondary N) is 1. The molecule has 0 radical (unpaired) electrons. The Labute approximate surface area is 114 Å². The largest absolute Gasteiger partial charge is 0.383 e. The molecule has 0 spiro atoms. The van der Waals surface area contributed by atoms with Gasteiger partial charge in [0.25, 0.3) is 0 Å². The lowest BCUT2D eigenvalue weighted by Gasteiger charge is -2.03. The Kier molecular flexibility index (Phi) is 7.42. The van der Waals surface area contributed by atoms with Gasteiger partial charge in [-0.15, -0.1) is 11.3 Å². The first kappa shape index (κ1) is 15.6. The van der Waals surface area contributed by atoms with Crippen LogP contribution in [-0.4, -0.2) is 32.4 Å². The number of hydrogen-bond donors (Lipinski definition) is 1. The Morgan fingerprint density at radius 3 is 2.67 bits per heavy atom. The molecule has 1 heterocycles. The Hall–Kier alpha value is -0.490. The van der Waals surface area contributed by atoms with Gasteiger partial charge in [-0.3, -0.25) is 0 Å². The van der Waals surface area contributed by atoms with Crippen molar-refractivity contribution in [1.82, 2.24) is 10.3 Å². The van der Waals surface area contributed by atoms with E-state index >= 15 is 0 Å². The monoisotopic (exact) mass is 272 g/mol. The first-order chi connectivity index (χ1) is 8.67. The third kappa shape index (κ3) is 5.44. The number of thiazole rings is 1. The zero-order chi connectivity index (χ0) is 13.4. The van der Waals surface area contributed by atoms with Gasteiger partial charge in [-0.1, -0.05) is 13.8 Å². The minimum atomic E-state index is 0.593. The van der Waals surface area contributed by atoms with E-state index in [1.165, 1.54) is 9.88 Å². The van der Waals surface area contributed by atoms with E-state index in [1.54, 1.807) is 25.6 Å². The predicted molar refractivity (Wildman–Crippen MR) is 75.0 cm³/mol. The number of nitrogens with zero attached hydrogens (tertiary/aromatic N) is 1. The molecule has 0 saturated heterocycles. The molecule has 0 aliphatic carbocycles. The van der Waals surface area contributed by atoms with E-state index in [-0.39, 0.29) is 0 Å². The SMILES string of the molecule is COCCNCc1sc(CC(C)C)nc1COC. The molecule has 1 N–H and O–H groups in total. The molecule has 1 aromatic heterocycles. The Balaban J connectivity index is 2.59. The van der Waals surface area contributed by atoms with Gasteiger partial charge in [0.05, 0.1) is 23.9 Å². The van der Waals surface area contributed by atoms with Gasteiger partial charge in [0.2, 0.25) is 0 Å². The molecule has 0 unspecified atom stereocenters. The van der Waals surface area contributed by atoms with Gasteiger partial charge in [-0.2, -0.15) is 0 Å². The van der Waals surface area contributed by atoms with Crippen LogP contribution < -0.4 is 5.32 Å². The zero-order valence-electron chi connectivity index (χ0n) is 11.8. The average Bonchev–Trinajstić information content (AvgIpc) is 2.66. The molecule has 104 valence electrons. The average molecular weight is 272 g/mol. The standard InChI is InChI=1S/C13H24N2O2S/c1-10(2)7-13-15-11(9-17-4)12(18-13)8-14-5-6-16-3/h10,14H,5-9H2,1-4H3. The van der Waals surface area contributed by atoms with Crippen molar-refractivity contribution < 1.29 is 9.47 Å². The van der Waals surface area contributed by atoms with Crippen LogP contribution in [0.25, 0.3) is 0 Å². The number of hydrogen-bond acceptors (Lipinski definition) is 5. The maximum Gasteiger partial charge on any atom is 0.0935 e. The number of ether oxygens (including phenoxy) is 2. The van der Waals surface area contributed by atoms with E-state index in [0.29, 0.717) is 12.5 Å². The second-order valence-electron chi connectivity index (χ2n) is 4.68. The van der Waals surface area contributed by atoms with E-state index < -0.39 is 0 Å². The second-order valence-corrected chi connectivity index (χ2v) is 5.85. The van der Waals surface area contributed by atoms with Gasteiger partial charge in [-0.05, 0) is 5.92 Å². The molecule has 4 nitrogen and oxygen atoms in total. The van der Waals surface area contributed by atoms with Gasteiger partial charge in [0, 0.05) is 38.6 Å². The van der Waals surface area contributed by atoms with Gasteiger partial charge < -0.3 is 14.8 Å². The van der Waals surface area contributed by atoms with Crippen molar-refractivity contribution in [2.75, 3.05) is 27.4 Å². The molecule has 5 heteroatoms. The number of rotatable bonds is 9. The maximum atomic E-state index is 5.21. The van der Waals surface area contributed by atoms with Crippen LogP contribution >= 0.6 is 11.3 Å². The van der Waals surface area contributed by atoms with Crippen LogP contribution in [0.3, 0.4) is 0 Å². The molecule has 1 rings (SSSR count). The quantitative estimate of drug-likeness (QED) is 0.700. The molecule has 1 aromatic rings. The first-order valence-corrected chi connectivity index (χ1v) is 7.15. The zero-order valence-corrected chi connectivity index (χ0v) is 12.6. The summed E-state index contributed by atoms with van der Waals surface area (Å²) < 4.78 is 10.2. The van der Waals surface area contributed by atoms with Crippen LogP contribution in [0.15, 0.2) is 0 Å². The minimum Gasteiger partial charge on any atom is -0.383 e. The molecule has 0 aliphatic heterocycles. The number of methoxy groups -OCH3 is 2. The lowest BCUT2D eigenvalue weighted by Crippen LogP contribution is -2.18. The Morgan fingerprint density at radius 1 is 1.28 bits per heavy atom. The fraction of sp³-hybridized carbons (Fsp3) is 0.769. The Morgan fingerprint density at radius 2 is 2.06 bits per heavy atom. The van der Waals surface area contributed by atoms with Crippen molar-refractivity contribution in [2.24, 2.45) is 5.92 Å². The molecule has 18 heavy (non-hydrogen) atoms. The minimum absolute atomic E-state index is 0.593. The third-order valence-corrected chi connectivity index (χ3v) is 3.57. The molecule has 0 aromatic carbocycles. The van der Waals surface area contributed by atoms with E-state index in [0.717, 1.165) is 31.8 Å². The molecule has 0 saturated carbocycles. The lowest BCUT2D eigenvalue weighted by atomic mass is 10.1. The van der Waals surface area contributed by atoms with Crippen LogP contribution in [0.4, 0.5) is 0 Å². The first-order valence-electron chi connectivity index (χ1n) is 6.33. The summed E-state index contributed by atoms with van der Waals surface area (Å²) in [6.07, 6.45) is 1.04. The van der Waals surface area contributed by atoms with Gasteiger partial charge in [-0.25, -0.2) is 4.98 Å². The molecule has 0 aliphatic rings. The van der Waals surface area contributed by atoms with Crippen molar-refractivity contribution in [1.29, 1.82) is 0 Å². The highest BCUT2D eigenvalue weighted by atomic mass is 32.1. The van der Waals surface area contributed by atoms with Crippen LogP contribution in [-0.2, 0) is 29.0 Å². The molecular formula is C13H24N2O2S. The summed E-state index contributed by atoms with van der Waals surface area (Å²) in [6, 6.07) is 0. The summed E-state index contributed by atoms with van der Waals surface area (Å²) in [5.41, 5.74) is 1.07. The van der Waals surface area contributed by atoms with Crippen LogP contribution in [0.2, 0.25) is 0 Å². The van der Waals surface area contributed by atoms with Crippen molar-refractivity contribution >= 4 is 11.3 Å². The van der Waals surface area contributed by atoms with E-state index in [1.807, 2.05) is 0 Å². The van der Waals surface area contributed by atoms with Crippen molar-refractivity contribution in [3.05, 3.63) is 15.6 Å². The summed E-state index contributed by atoms with van der Waals surface area (Å²) in [5.74, 6) is 0.640. The molecular weight excluding hydrogens is 248 g/mol. The van der Waals surface area contributed by atoms with Crippen molar-refractivity contribution in [3.63, 3.8) is 0 Å². The highest BCUT2D eigenvalue weighted by Gasteiger charge is 2.11. The number of aromatic nitrogens is 1. The summed E-state index contributed by atoms with van der Waals surface area (Å²) in [5, 5.41) is 4.57. The van der Waals surface area contributed by atoms with E-state index in [4.69, 9.17) is 9.47 Å². The molecule has 0 fully saturated rings. The Bertz CT molecular complexity index is 340. The molecule has 0 bridgehead atoms. The smallest absolute Gasteiger partial charge is 0.0935 e. The highest BCUT2D eigenvalue weighted by Crippen LogP contribution is 2.21. The summed E-state index contributed by atoms with van der Waals surface area (Å²) >= 11 is 1.79. The van der Waals surface area contributed by atoms with Gasteiger partial charge in [0.1, 0.15) is 0 Å². The second kappa shape index (κ2) is 8.58. The van der Waals surface area contributed by atoms with Crippen LogP contribution in [0, 0.1) is 5.92 Å². The van der Waals surface area contributed by atoms with E-state index in [9.17, 15) is 0 Å². The van der Waals surface area contributed by atoms with Crippen molar-refractivity contribution in [3.8, 4) is 0 Å². The molecule has 0 amide bonds. The van der Waals surface area contributed by atoms with Gasteiger partial charge in [0.15, 0.2) is 0 Å². The summed E-state index contributed by atoms with van der Waals surface area (Å²) in [7, 11) is 3.43. The fourth-order valence-corrected chi connectivity index (χ4v) is 2.89. The van der Waals surface area contributed by atoms with Gasteiger partial charge >= 0.3 is 0 Å². The summed E-state index contributed by atoms with van der Waals surface area (Å²) in [4.78, 5) is 5.94.